The lowest BCUT2D eigenvalue weighted by Gasteiger charge is -2.14. The molecule has 0 saturated heterocycles. The van der Waals surface area contributed by atoms with Gasteiger partial charge in [0.25, 0.3) is 20.2 Å². The van der Waals surface area contributed by atoms with Crippen LogP contribution in [0.2, 0.25) is 0 Å². The van der Waals surface area contributed by atoms with Crippen molar-refractivity contribution in [3.05, 3.63) is 187 Å². The topological polar surface area (TPSA) is 257 Å². The maximum absolute atomic E-state index is 14.0. The molecule has 24 heteroatoms. The number of hydrogen-bond acceptors (Lipinski definition) is 19. The summed E-state index contributed by atoms with van der Waals surface area (Å²) in [5.74, 6) is 1.13. The van der Waals surface area contributed by atoms with Crippen LogP contribution in [0.5, 0.6) is 40.2 Å². The van der Waals surface area contributed by atoms with Crippen LogP contribution in [0.15, 0.2) is 209 Å². The summed E-state index contributed by atoms with van der Waals surface area (Å²) in [7, 11) is -12.7. The molecule has 0 aromatic heterocycles. The average Bonchev–Trinajstić information content (AvgIpc) is 3.39. The van der Waals surface area contributed by atoms with Crippen LogP contribution in [-0.2, 0) is 55.2 Å². The Bertz CT molecular complexity index is 3660. The smallest absolute Gasteiger partial charge is 0.298 e. The van der Waals surface area contributed by atoms with Crippen molar-refractivity contribution in [1.29, 1.82) is 0 Å². The fraction of sp³-hybridized carbons (Fsp3) is 0.0588. The van der Waals surface area contributed by atoms with E-state index >= 15 is 0 Å². The highest BCUT2D eigenvalue weighted by molar-refractivity contribution is 7.99. The minimum absolute atomic E-state index is 0.0148. The van der Waals surface area contributed by atoms with E-state index in [9.17, 15) is 34.4 Å². The molecule has 0 amide bonds. The zero-order valence-electron chi connectivity index (χ0n) is 38.8. The lowest BCUT2D eigenvalue weighted by molar-refractivity contribution is -0.432. The molecule has 0 radical (unpaired) electrons. The van der Waals surface area contributed by atoms with Gasteiger partial charge in [0, 0.05) is 14.7 Å². The Morgan fingerprint density at radius 1 is 0.453 bits per heavy atom. The first-order chi connectivity index (χ1) is 35.9. The van der Waals surface area contributed by atoms with E-state index < -0.39 is 44.8 Å². The van der Waals surface area contributed by atoms with Gasteiger partial charge in [-0.15, -0.1) is 8.67 Å². The second-order valence-corrected chi connectivity index (χ2v) is 23.1. The van der Waals surface area contributed by atoms with Gasteiger partial charge in [0.2, 0.25) is 9.84 Å². The highest BCUT2D eigenvalue weighted by Crippen LogP contribution is 2.40. The second-order valence-electron chi connectivity index (χ2n) is 15.8. The van der Waals surface area contributed by atoms with Gasteiger partial charge in [-0.25, -0.2) is 18.9 Å². The third-order valence-corrected chi connectivity index (χ3v) is 16.7. The normalized spacial score (nSPS) is 11.8. The van der Waals surface area contributed by atoms with Gasteiger partial charge < -0.3 is 18.9 Å². The van der Waals surface area contributed by atoms with E-state index in [4.69, 9.17) is 29.5 Å². The van der Waals surface area contributed by atoms with E-state index in [-0.39, 0.29) is 38.5 Å². The average molecular weight is 1130 g/mol. The molecule has 0 saturated carbocycles. The predicted octanol–water partition coefficient (Wildman–Crippen LogP) is 13.0. The van der Waals surface area contributed by atoms with Crippen LogP contribution in [0.3, 0.4) is 0 Å². The molecule has 0 aliphatic rings. The number of sulfone groups is 1. The quantitative estimate of drug-likeness (QED) is 0.0213. The summed E-state index contributed by atoms with van der Waals surface area (Å²) in [6.07, 6.45) is 0.294. The molecule has 4 N–H and O–H groups in total. The highest BCUT2D eigenvalue weighted by atomic mass is 32.2. The molecule has 0 aliphatic heterocycles. The molecule has 0 atom stereocenters. The number of rotatable bonds is 22. The molecule has 75 heavy (non-hydrogen) atoms. The number of hydrogen-bond donors (Lipinski definition) is 4. The van der Waals surface area contributed by atoms with Crippen LogP contribution in [-0.4, -0.2) is 52.0 Å². The summed E-state index contributed by atoms with van der Waals surface area (Å²) in [6.45, 7) is 1.84. The van der Waals surface area contributed by atoms with Gasteiger partial charge >= 0.3 is 0 Å². The molecule has 0 fully saturated rings. The molecule has 8 aromatic carbocycles. The number of aryl methyl sites for hydroxylation is 1. The number of benzene rings is 8. The standard InChI is InChI=1S/C51H40O18S6/c1-32-3-4-33(28-48(32)71-68-66-52)27-34-5-24-46(50(29-34)74(56,57)58)64-39-12-8-36(9-13-39)35-6-10-38(11-7-35)63-45-25-22-43(30-49(45)72-69-67-53)73(54,55)44-23-26-47(51(31-44)75(59,60)61)65-40-16-20-42(21-17-40)70-41-18-14-37(62-2)15-19-41/h3-26,28-31,52-53H,27H2,1-2H3,(H,56,57,58)(H,59,60,61). The summed E-state index contributed by atoms with van der Waals surface area (Å²) >= 11 is 2.68. The Labute approximate surface area is 443 Å². The van der Waals surface area contributed by atoms with Gasteiger partial charge in [0.1, 0.15) is 50.0 Å². The van der Waals surface area contributed by atoms with Crippen molar-refractivity contribution in [3.8, 4) is 51.4 Å². The molecule has 0 unspecified atom stereocenters. The van der Waals surface area contributed by atoms with Crippen molar-refractivity contribution in [1.82, 2.24) is 0 Å². The maximum atomic E-state index is 14.0. The molecule has 0 spiro atoms. The Morgan fingerprint density at radius 2 is 0.880 bits per heavy atom. The zero-order chi connectivity index (χ0) is 53.3. The first-order valence-electron chi connectivity index (χ1n) is 21.6. The largest absolute Gasteiger partial charge is 0.497 e. The highest BCUT2D eigenvalue weighted by Gasteiger charge is 2.26. The minimum atomic E-state index is -5.02. The van der Waals surface area contributed by atoms with Crippen LogP contribution in [0, 0.1) is 6.92 Å². The third kappa shape index (κ3) is 14.1. The van der Waals surface area contributed by atoms with Crippen LogP contribution < -0.4 is 18.9 Å². The van der Waals surface area contributed by atoms with Crippen molar-refractivity contribution in [3.63, 3.8) is 0 Å². The van der Waals surface area contributed by atoms with Gasteiger partial charge in [0.15, 0.2) is 0 Å². The summed E-state index contributed by atoms with van der Waals surface area (Å²) < 4.78 is 131. The van der Waals surface area contributed by atoms with Crippen molar-refractivity contribution >= 4 is 65.9 Å². The second kappa shape index (κ2) is 24.0. The predicted molar refractivity (Wildman–Crippen MR) is 275 cm³/mol. The molecule has 388 valence electrons. The first kappa shape index (κ1) is 54.8. The lowest BCUT2D eigenvalue weighted by atomic mass is 10.0. The summed E-state index contributed by atoms with van der Waals surface area (Å²) in [5.41, 5.74) is 3.67. The van der Waals surface area contributed by atoms with Gasteiger partial charge in [-0.2, -0.15) is 16.8 Å². The molecule has 18 nitrogen and oxygen atoms in total. The molecule has 8 rings (SSSR count). The lowest BCUT2D eigenvalue weighted by Crippen LogP contribution is -2.07. The summed E-state index contributed by atoms with van der Waals surface area (Å²) in [4.78, 5) is 0.383. The monoisotopic (exact) mass is 1130 g/mol. The Morgan fingerprint density at radius 3 is 1.40 bits per heavy atom. The van der Waals surface area contributed by atoms with Crippen LogP contribution in [0.25, 0.3) is 11.1 Å². The van der Waals surface area contributed by atoms with E-state index in [2.05, 4.69) is 18.7 Å². The fourth-order valence-electron chi connectivity index (χ4n) is 7.18. The van der Waals surface area contributed by atoms with Gasteiger partial charge in [-0.1, -0.05) is 64.3 Å². The van der Waals surface area contributed by atoms with Crippen molar-refractivity contribution in [2.45, 2.75) is 52.5 Å². The molecule has 0 aliphatic carbocycles. The molecule has 0 bridgehead atoms. The van der Waals surface area contributed by atoms with Crippen molar-refractivity contribution in [2.75, 3.05) is 7.11 Å². The molecular weight excluding hydrogens is 1090 g/mol. The van der Waals surface area contributed by atoms with Crippen molar-refractivity contribution in [2.24, 2.45) is 0 Å². The fourth-order valence-corrected chi connectivity index (χ4v) is 11.7. The zero-order valence-corrected chi connectivity index (χ0v) is 43.7. The van der Waals surface area contributed by atoms with Crippen LogP contribution in [0.1, 0.15) is 16.7 Å². The Balaban J connectivity index is 0.943. The maximum Gasteiger partial charge on any atom is 0.298 e. The van der Waals surface area contributed by atoms with Gasteiger partial charge in [0.05, 0.1) is 45.9 Å². The first-order valence-corrected chi connectivity index (χ1v) is 28.2. The minimum Gasteiger partial charge on any atom is -0.497 e. The summed E-state index contributed by atoms with van der Waals surface area (Å²) in [5, 5.41) is 25.0. The number of methoxy groups -OCH3 is 1. The number of ether oxygens (including phenoxy) is 4. The summed E-state index contributed by atoms with van der Waals surface area (Å²) in [6, 6.07) is 44.1. The van der Waals surface area contributed by atoms with E-state index in [0.717, 1.165) is 68.4 Å². The van der Waals surface area contributed by atoms with Crippen molar-refractivity contribution < 1.29 is 82.6 Å². The SMILES string of the molecule is COc1ccc(Sc2ccc(Oc3ccc(S(=O)(=O)c4ccc(Oc5ccc(-c6ccc(Oc7ccc(Cc8ccc(C)c(SOOO)c8)cc7S(=O)(=O)O)cc6)cc5)c(SOOO)c4)cc3S(=O)(=O)O)cc2)cc1. The van der Waals surface area contributed by atoms with E-state index in [1.165, 1.54) is 36.0 Å². The molecular formula is C51H40O18S6. The third-order valence-electron chi connectivity index (χ3n) is 10.8. The van der Waals surface area contributed by atoms with Gasteiger partial charge in [-0.05, 0) is 169 Å². The van der Waals surface area contributed by atoms with E-state index in [0.29, 0.717) is 40.4 Å². The Hall–Kier alpha value is -6.46. The van der Waals surface area contributed by atoms with Crippen LogP contribution in [0.4, 0.5) is 0 Å². The van der Waals surface area contributed by atoms with Crippen LogP contribution >= 0.6 is 35.8 Å². The van der Waals surface area contributed by atoms with E-state index in [1.807, 2.05) is 43.3 Å². The molecule has 0 heterocycles. The molecule has 8 aromatic rings. The van der Waals surface area contributed by atoms with E-state index in [1.54, 1.807) is 92.0 Å². The Kier molecular flexibility index (Phi) is 17.6. The van der Waals surface area contributed by atoms with Gasteiger partial charge in [-0.3, -0.25) is 9.11 Å².